The minimum absolute atomic E-state index is 0.441. The Hall–Kier alpha value is -1.08. The van der Waals surface area contributed by atoms with E-state index in [1.165, 1.54) is 0 Å². The van der Waals surface area contributed by atoms with Crippen LogP contribution in [0.15, 0.2) is 36.5 Å². The van der Waals surface area contributed by atoms with Gasteiger partial charge in [-0.1, -0.05) is 30.8 Å². The maximum atomic E-state index is 5.70. The molecule has 0 fully saturated rings. The van der Waals surface area contributed by atoms with Gasteiger partial charge in [-0.2, -0.15) is 0 Å². The summed E-state index contributed by atoms with van der Waals surface area (Å²) in [6.45, 7) is 9.36. The van der Waals surface area contributed by atoms with Crippen molar-refractivity contribution >= 4 is 17.2 Å². The molecular weight excluding hydrogens is 170 g/mol. The average molecular weight is 180 g/mol. The van der Waals surface area contributed by atoms with E-state index in [1.807, 2.05) is 19.1 Å². The Balaban J connectivity index is 3.11. The molecule has 0 aromatic carbocycles. The SMILES string of the molecule is C=C(Cl)C(=C)c1ncccc1C. The molecule has 0 saturated heterocycles. The highest BCUT2D eigenvalue weighted by molar-refractivity contribution is 6.36. The van der Waals surface area contributed by atoms with E-state index in [-0.39, 0.29) is 0 Å². The second-order valence-corrected chi connectivity index (χ2v) is 3.01. The van der Waals surface area contributed by atoms with E-state index < -0.39 is 0 Å². The largest absolute Gasteiger partial charge is 0.256 e. The van der Waals surface area contributed by atoms with Crippen molar-refractivity contribution in [1.29, 1.82) is 0 Å². The Bertz CT molecular complexity index is 328. The summed E-state index contributed by atoms with van der Waals surface area (Å²) in [5.41, 5.74) is 2.57. The summed E-state index contributed by atoms with van der Waals surface area (Å²) in [6, 6.07) is 3.84. The van der Waals surface area contributed by atoms with Gasteiger partial charge in [-0.3, -0.25) is 4.98 Å². The van der Waals surface area contributed by atoms with Crippen LogP contribution in [0.1, 0.15) is 11.3 Å². The van der Waals surface area contributed by atoms with E-state index in [2.05, 4.69) is 18.1 Å². The molecule has 1 aromatic heterocycles. The van der Waals surface area contributed by atoms with Crippen LogP contribution in [0.25, 0.3) is 5.57 Å². The van der Waals surface area contributed by atoms with Gasteiger partial charge >= 0.3 is 0 Å². The summed E-state index contributed by atoms with van der Waals surface area (Å²) in [6.07, 6.45) is 1.72. The predicted molar refractivity (Wildman–Crippen MR) is 53.0 cm³/mol. The standard InChI is InChI=1S/C10H10ClN/c1-7-5-4-6-12-10(7)8(2)9(3)11/h4-6H,2-3H2,1H3. The first-order valence-electron chi connectivity index (χ1n) is 3.58. The van der Waals surface area contributed by atoms with Crippen LogP contribution in [0.3, 0.4) is 0 Å². The third-order valence-electron chi connectivity index (χ3n) is 1.62. The number of hydrogen-bond acceptors (Lipinski definition) is 1. The summed E-state index contributed by atoms with van der Waals surface area (Å²) in [4.78, 5) is 4.15. The molecule has 1 heterocycles. The van der Waals surface area contributed by atoms with Gasteiger partial charge < -0.3 is 0 Å². The highest BCUT2D eigenvalue weighted by Crippen LogP contribution is 2.22. The molecule has 1 nitrogen and oxygen atoms in total. The summed E-state index contributed by atoms with van der Waals surface area (Å²) < 4.78 is 0. The number of pyridine rings is 1. The lowest BCUT2D eigenvalue weighted by Crippen LogP contribution is -1.90. The molecule has 0 aliphatic heterocycles. The lowest BCUT2D eigenvalue weighted by atomic mass is 10.1. The lowest BCUT2D eigenvalue weighted by molar-refractivity contribution is 1.22. The Morgan fingerprint density at radius 1 is 1.50 bits per heavy atom. The quantitative estimate of drug-likeness (QED) is 0.636. The second kappa shape index (κ2) is 3.55. The Morgan fingerprint density at radius 2 is 2.17 bits per heavy atom. The Labute approximate surface area is 77.4 Å². The fraction of sp³-hybridized carbons (Fsp3) is 0.100. The monoisotopic (exact) mass is 179 g/mol. The fourth-order valence-corrected chi connectivity index (χ4v) is 1.02. The highest BCUT2D eigenvalue weighted by Gasteiger charge is 2.04. The van der Waals surface area contributed by atoms with E-state index in [0.717, 1.165) is 11.3 Å². The topological polar surface area (TPSA) is 12.9 Å². The van der Waals surface area contributed by atoms with Crippen LogP contribution < -0.4 is 0 Å². The van der Waals surface area contributed by atoms with Crippen LogP contribution in [0.5, 0.6) is 0 Å². The van der Waals surface area contributed by atoms with Gasteiger partial charge in [-0.05, 0) is 18.6 Å². The molecule has 0 N–H and O–H groups in total. The minimum atomic E-state index is 0.441. The van der Waals surface area contributed by atoms with Crippen LogP contribution in [-0.4, -0.2) is 4.98 Å². The number of rotatable bonds is 2. The van der Waals surface area contributed by atoms with E-state index in [1.54, 1.807) is 6.20 Å². The Morgan fingerprint density at radius 3 is 2.67 bits per heavy atom. The molecule has 62 valence electrons. The van der Waals surface area contributed by atoms with Gasteiger partial charge in [-0.25, -0.2) is 0 Å². The van der Waals surface area contributed by atoms with Gasteiger partial charge in [0.05, 0.1) is 5.69 Å². The highest BCUT2D eigenvalue weighted by atomic mass is 35.5. The minimum Gasteiger partial charge on any atom is -0.256 e. The zero-order valence-corrected chi connectivity index (χ0v) is 7.73. The number of aryl methyl sites for hydroxylation is 1. The number of aromatic nitrogens is 1. The smallest absolute Gasteiger partial charge is 0.0739 e. The number of halogens is 1. The summed E-state index contributed by atoms with van der Waals surface area (Å²) in [5.74, 6) is 0. The average Bonchev–Trinajstić information content (AvgIpc) is 2.04. The molecule has 1 rings (SSSR count). The zero-order valence-electron chi connectivity index (χ0n) is 6.97. The van der Waals surface area contributed by atoms with Crippen molar-refractivity contribution in [2.24, 2.45) is 0 Å². The summed E-state index contributed by atoms with van der Waals surface area (Å²) in [5, 5.41) is 0.441. The fourth-order valence-electron chi connectivity index (χ4n) is 0.930. The molecule has 2 heteroatoms. The van der Waals surface area contributed by atoms with Gasteiger partial charge in [0.2, 0.25) is 0 Å². The number of hydrogen-bond donors (Lipinski definition) is 0. The number of nitrogens with zero attached hydrogens (tertiary/aromatic N) is 1. The van der Waals surface area contributed by atoms with Crippen LogP contribution >= 0.6 is 11.6 Å². The maximum Gasteiger partial charge on any atom is 0.0739 e. The molecule has 0 amide bonds. The number of allylic oxidation sites excluding steroid dienone is 2. The van der Waals surface area contributed by atoms with Crippen LogP contribution in [-0.2, 0) is 0 Å². The molecule has 0 spiro atoms. The van der Waals surface area contributed by atoms with Crippen molar-refractivity contribution in [3.63, 3.8) is 0 Å². The molecule has 0 radical (unpaired) electrons. The first kappa shape index (κ1) is 9.01. The van der Waals surface area contributed by atoms with Crippen molar-refractivity contribution < 1.29 is 0 Å². The second-order valence-electron chi connectivity index (χ2n) is 2.55. The molecule has 0 bridgehead atoms. The van der Waals surface area contributed by atoms with Crippen LogP contribution in [0.2, 0.25) is 0 Å². The first-order chi connectivity index (χ1) is 5.63. The predicted octanol–water partition coefficient (Wildman–Crippen LogP) is 3.16. The van der Waals surface area contributed by atoms with Gasteiger partial charge in [0, 0.05) is 16.8 Å². The van der Waals surface area contributed by atoms with Crippen LogP contribution in [0, 0.1) is 6.92 Å². The molecule has 1 aromatic rings. The van der Waals surface area contributed by atoms with E-state index >= 15 is 0 Å². The summed E-state index contributed by atoms with van der Waals surface area (Å²) in [7, 11) is 0. The van der Waals surface area contributed by atoms with Gasteiger partial charge in [0.1, 0.15) is 0 Å². The first-order valence-corrected chi connectivity index (χ1v) is 3.96. The van der Waals surface area contributed by atoms with Gasteiger partial charge in [0.25, 0.3) is 0 Å². The van der Waals surface area contributed by atoms with Crippen molar-refractivity contribution in [1.82, 2.24) is 4.98 Å². The van der Waals surface area contributed by atoms with E-state index in [9.17, 15) is 0 Å². The van der Waals surface area contributed by atoms with Crippen molar-refractivity contribution in [2.45, 2.75) is 6.92 Å². The zero-order chi connectivity index (χ0) is 9.14. The third-order valence-corrected chi connectivity index (χ3v) is 1.85. The van der Waals surface area contributed by atoms with E-state index in [4.69, 9.17) is 11.6 Å². The van der Waals surface area contributed by atoms with Gasteiger partial charge in [0.15, 0.2) is 0 Å². The van der Waals surface area contributed by atoms with Crippen LogP contribution in [0.4, 0.5) is 0 Å². The molecule has 0 unspecified atom stereocenters. The maximum absolute atomic E-state index is 5.70. The van der Waals surface area contributed by atoms with Crippen molar-refractivity contribution in [3.8, 4) is 0 Å². The van der Waals surface area contributed by atoms with E-state index in [0.29, 0.717) is 10.6 Å². The normalized spacial score (nSPS) is 9.50. The molecule has 0 aliphatic rings. The Kier molecular flexibility index (Phi) is 2.66. The molecule has 12 heavy (non-hydrogen) atoms. The molecule has 0 atom stereocenters. The van der Waals surface area contributed by atoms with Gasteiger partial charge in [-0.15, -0.1) is 0 Å². The lowest BCUT2D eigenvalue weighted by Gasteiger charge is -2.04. The van der Waals surface area contributed by atoms with Crippen molar-refractivity contribution in [3.05, 3.63) is 47.8 Å². The molecule has 0 saturated carbocycles. The third kappa shape index (κ3) is 1.74. The summed E-state index contributed by atoms with van der Waals surface area (Å²) >= 11 is 5.70. The molecular formula is C10H10ClN. The molecule has 0 aliphatic carbocycles. The van der Waals surface area contributed by atoms with Crippen molar-refractivity contribution in [2.75, 3.05) is 0 Å².